The Balaban J connectivity index is 1.91. The molecule has 0 radical (unpaired) electrons. The first kappa shape index (κ1) is 13.5. The van der Waals surface area contributed by atoms with Crippen LogP contribution in [0.5, 0.6) is 11.5 Å². The van der Waals surface area contributed by atoms with Gasteiger partial charge in [0.15, 0.2) is 11.5 Å². The number of piperazine rings is 1. The van der Waals surface area contributed by atoms with Crippen LogP contribution in [0.15, 0.2) is 12.1 Å². The standard InChI is InChI=1S/C14H16ClN3O2/c15-11-7-10(8-13-14(11)20-6-5-19-13)12(9-16)18-3-1-17-2-4-18/h7-8,12,17H,1-6H2. The van der Waals surface area contributed by atoms with Crippen molar-refractivity contribution in [1.82, 2.24) is 10.2 Å². The van der Waals surface area contributed by atoms with E-state index in [1.807, 2.05) is 12.1 Å². The van der Waals surface area contributed by atoms with Crippen molar-refractivity contribution in [3.8, 4) is 17.6 Å². The lowest BCUT2D eigenvalue weighted by molar-refractivity contribution is 0.170. The fourth-order valence-electron chi connectivity index (χ4n) is 2.60. The lowest BCUT2D eigenvalue weighted by atomic mass is 10.0. The predicted molar refractivity (Wildman–Crippen MR) is 75.2 cm³/mol. The van der Waals surface area contributed by atoms with Gasteiger partial charge in [0.1, 0.15) is 19.3 Å². The number of halogens is 1. The van der Waals surface area contributed by atoms with Crippen molar-refractivity contribution in [2.75, 3.05) is 39.4 Å². The number of nitrogens with zero attached hydrogens (tertiary/aromatic N) is 2. The van der Waals surface area contributed by atoms with Crippen LogP contribution in [0, 0.1) is 11.3 Å². The third-order valence-electron chi connectivity index (χ3n) is 3.57. The first-order chi connectivity index (χ1) is 9.79. The second kappa shape index (κ2) is 5.88. The van der Waals surface area contributed by atoms with Crippen molar-refractivity contribution in [3.63, 3.8) is 0 Å². The van der Waals surface area contributed by atoms with E-state index in [2.05, 4.69) is 16.3 Å². The van der Waals surface area contributed by atoms with E-state index in [0.717, 1.165) is 31.7 Å². The summed E-state index contributed by atoms with van der Waals surface area (Å²) in [6.07, 6.45) is 0. The van der Waals surface area contributed by atoms with Gasteiger partial charge in [-0.2, -0.15) is 5.26 Å². The smallest absolute Gasteiger partial charge is 0.179 e. The highest BCUT2D eigenvalue weighted by Gasteiger charge is 2.25. The third-order valence-corrected chi connectivity index (χ3v) is 3.85. The maximum atomic E-state index is 9.50. The van der Waals surface area contributed by atoms with Crippen molar-refractivity contribution in [2.24, 2.45) is 0 Å². The van der Waals surface area contributed by atoms with Gasteiger partial charge in [0.05, 0.1) is 11.1 Å². The lowest BCUT2D eigenvalue weighted by Crippen LogP contribution is -2.44. The molecule has 1 N–H and O–H groups in total. The fraction of sp³-hybridized carbons (Fsp3) is 0.500. The van der Waals surface area contributed by atoms with Crippen LogP contribution in [0.3, 0.4) is 0 Å². The molecule has 0 amide bonds. The van der Waals surface area contributed by atoms with E-state index in [1.54, 1.807) is 0 Å². The minimum absolute atomic E-state index is 0.301. The van der Waals surface area contributed by atoms with Gasteiger partial charge in [0, 0.05) is 26.2 Å². The number of nitrogens with one attached hydrogen (secondary N) is 1. The molecule has 3 rings (SSSR count). The molecule has 1 saturated heterocycles. The minimum Gasteiger partial charge on any atom is -0.486 e. The Hall–Kier alpha value is -1.48. The molecule has 0 saturated carbocycles. The topological polar surface area (TPSA) is 57.5 Å². The summed E-state index contributed by atoms with van der Waals surface area (Å²) >= 11 is 6.24. The maximum Gasteiger partial charge on any atom is 0.179 e. The van der Waals surface area contributed by atoms with Crippen LogP contribution in [0.1, 0.15) is 11.6 Å². The molecule has 106 valence electrons. The molecule has 6 heteroatoms. The quantitative estimate of drug-likeness (QED) is 0.897. The predicted octanol–water partition coefficient (Wildman–Crippen LogP) is 1.58. The summed E-state index contributed by atoms with van der Waals surface area (Å²) in [5, 5.41) is 13.3. The molecule has 2 heterocycles. The van der Waals surface area contributed by atoms with Crippen molar-refractivity contribution < 1.29 is 9.47 Å². The first-order valence-corrected chi connectivity index (χ1v) is 7.11. The van der Waals surface area contributed by atoms with Crippen LogP contribution >= 0.6 is 11.6 Å². The van der Waals surface area contributed by atoms with E-state index < -0.39 is 0 Å². The normalized spacial score (nSPS) is 20.2. The second-order valence-corrected chi connectivity index (χ2v) is 5.25. The van der Waals surface area contributed by atoms with E-state index in [1.165, 1.54) is 0 Å². The molecule has 20 heavy (non-hydrogen) atoms. The molecule has 0 aromatic heterocycles. The third kappa shape index (κ3) is 2.55. The van der Waals surface area contributed by atoms with Crippen LogP contribution in [-0.4, -0.2) is 44.3 Å². The van der Waals surface area contributed by atoms with Gasteiger partial charge in [0.2, 0.25) is 0 Å². The highest BCUT2D eigenvalue weighted by Crippen LogP contribution is 2.40. The summed E-state index contributed by atoms with van der Waals surface area (Å²) in [4.78, 5) is 2.15. The molecule has 0 bridgehead atoms. The Morgan fingerprint density at radius 1 is 1.25 bits per heavy atom. The Bertz CT molecular complexity index is 538. The van der Waals surface area contributed by atoms with E-state index >= 15 is 0 Å². The largest absolute Gasteiger partial charge is 0.486 e. The van der Waals surface area contributed by atoms with Gasteiger partial charge >= 0.3 is 0 Å². The maximum absolute atomic E-state index is 9.50. The molecule has 2 aliphatic rings. The summed E-state index contributed by atoms with van der Waals surface area (Å²) in [5.41, 5.74) is 0.864. The highest BCUT2D eigenvalue weighted by molar-refractivity contribution is 6.32. The fourth-order valence-corrected chi connectivity index (χ4v) is 2.87. The summed E-state index contributed by atoms with van der Waals surface area (Å²) in [6.45, 7) is 4.52. The van der Waals surface area contributed by atoms with Gasteiger partial charge in [0.25, 0.3) is 0 Å². The molecular formula is C14H16ClN3O2. The number of nitriles is 1. The van der Waals surface area contributed by atoms with Crippen molar-refractivity contribution in [3.05, 3.63) is 22.7 Å². The Morgan fingerprint density at radius 2 is 2.00 bits per heavy atom. The average Bonchev–Trinajstić information content (AvgIpc) is 2.49. The zero-order valence-corrected chi connectivity index (χ0v) is 11.8. The van der Waals surface area contributed by atoms with Crippen LogP contribution in [0.2, 0.25) is 5.02 Å². The first-order valence-electron chi connectivity index (χ1n) is 6.73. The summed E-state index contributed by atoms with van der Waals surface area (Å²) in [6, 6.07) is 5.75. The molecule has 1 aromatic rings. The van der Waals surface area contributed by atoms with E-state index in [4.69, 9.17) is 21.1 Å². The van der Waals surface area contributed by atoms with Crippen LogP contribution in [-0.2, 0) is 0 Å². The lowest BCUT2D eigenvalue weighted by Gasteiger charge is -2.31. The Morgan fingerprint density at radius 3 is 2.75 bits per heavy atom. The molecular weight excluding hydrogens is 278 g/mol. The average molecular weight is 294 g/mol. The van der Waals surface area contributed by atoms with Gasteiger partial charge in [-0.1, -0.05) is 11.6 Å². The zero-order valence-electron chi connectivity index (χ0n) is 11.1. The molecule has 2 aliphatic heterocycles. The van der Waals surface area contributed by atoms with Crippen molar-refractivity contribution >= 4 is 11.6 Å². The second-order valence-electron chi connectivity index (χ2n) is 4.84. The number of benzene rings is 1. The zero-order chi connectivity index (χ0) is 13.9. The molecule has 1 atom stereocenters. The van der Waals surface area contributed by atoms with Crippen LogP contribution in [0.4, 0.5) is 0 Å². The molecule has 1 fully saturated rings. The summed E-state index contributed by atoms with van der Waals surface area (Å²) in [7, 11) is 0. The van der Waals surface area contributed by atoms with Crippen molar-refractivity contribution in [1.29, 1.82) is 5.26 Å². The van der Waals surface area contributed by atoms with Gasteiger partial charge in [-0.3, -0.25) is 4.90 Å². The summed E-state index contributed by atoms with van der Waals surface area (Å²) < 4.78 is 11.1. The molecule has 1 unspecified atom stereocenters. The van der Waals surface area contributed by atoms with E-state index in [-0.39, 0.29) is 6.04 Å². The summed E-state index contributed by atoms with van der Waals surface area (Å²) in [5.74, 6) is 1.22. The SMILES string of the molecule is N#CC(c1cc(Cl)c2c(c1)OCCO2)N1CCNCC1. The van der Waals surface area contributed by atoms with Gasteiger partial charge in [-0.05, 0) is 17.7 Å². The van der Waals surface area contributed by atoms with Crippen molar-refractivity contribution in [2.45, 2.75) is 6.04 Å². The number of ether oxygens (including phenoxy) is 2. The van der Waals surface area contributed by atoms with E-state index in [0.29, 0.717) is 29.7 Å². The number of rotatable bonds is 2. The monoisotopic (exact) mass is 293 g/mol. The molecule has 0 spiro atoms. The van der Waals surface area contributed by atoms with Gasteiger partial charge < -0.3 is 14.8 Å². The Kier molecular flexibility index (Phi) is 3.97. The van der Waals surface area contributed by atoms with Crippen LogP contribution < -0.4 is 14.8 Å². The van der Waals surface area contributed by atoms with Gasteiger partial charge in [-0.15, -0.1) is 0 Å². The van der Waals surface area contributed by atoms with Crippen LogP contribution in [0.25, 0.3) is 0 Å². The minimum atomic E-state index is -0.301. The number of fused-ring (bicyclic) bond motifs is 1. The highest BCUT2D eigenvalue weighted by atomic mass is 35.5. The Labute approximate surface area is 123 Å². The number of hydrogen-bond donors (Lipinski definition) is 1. The molecule has 1 aromatic carbocycles. The molecule has 5 nitrogen and oxygen atoms in total. The van der Waals surface area contributed by atoms with Gasteiger partial charge in [-0.25, -0.2) is 0 Å². The number of hydrogen-bond acceptors (Lipinski definition) is 5. The van der Waals surface area contributed by atoms with E-state index in [9.17, 15) is 5.26 Å². The molecule has 0 aliphatic carbocycles.